The summed E-state index contributed by atoms with van der Waals surface area (Å²) in [6.07, 6.45) is 4.08. The van der Waals surface area contributed by atoms with E-state index in [4.69, 9.17) is 0 Å². The van der Waals surface area contributed by atoms with Gasteiger partial charge in [0.05, 0.1) is 29.2 Å². The molecule has 33 heavy (non-hydrogen) atoms. The van der Waals surface area contributed by atoms with E-state index in [9.17, 15) is 19.5 Å². The van der Waals surface area contributed by atoms with E-state index < -0.39 is 28.7 Å². The number of alkyl halides is 1. The summed E-state index contributed by atoms with van der Waals surface area (Å²) in [4.78, 5) is 42.8. The Bertz CT molecular complexity index is 755. The number of aliphatic hydroxyl groups excluding tert-OH is 1. The molecule has 3 N–H and O–H groups in total. The van der Waals surface area contributed by atoms with Crippen molar-refractivity contribution in [3.8, 4) is 0 Å². The quantitative estimate of drug-likeness (QED) is 0.346. The summed E-state index contributed by atoms with van der Waals surface area (Å²) in [5, 5.41) is 16.4. The predicted molar refractivity (Wildman–Crippen MR) is 135 cm³/mol. The highest BCUT2D eigenvalue weighted by Crippen LogP contribution is 2.68. The lowest BCUT2D eigenvalue weighted by molar-refractivity contribution is -0.144. The number of amides is 3. The monoisotopic (exact) mass is 545 g/mol. The molecule has 9 heteroatoms. The predicted octanol–water partition coefficient (Wildman–Crippen LogP) is 2.69. The lowest BCUT2D eigenvalue weighted by Crippen LogP contribution is -2.59. The summed E-state index contributed by atoms with van der Waals surface area (Å²) in [5.74, 6) is -1.39. The van der Waals surface area contributed by atoms with Crippen LogP contribution in [0, 0.1) is 17.8 Å². The minimum absolute atomic E-state index is 0.00176. The topological polar surface area (TPSA) is 98.7 Å². The zero-order valence-electron chi connectivity index (χ0n) is 20.5. The molecule has 188 valence electrons. The number of aliphatic hydroxyl groups is 1. The van der Waals surface area contributed by atoms with Crippen LogP contribution >= 0.6 is 27.7 Å². The van der Waals surface area contributed by atoms with Crippen LogP contribution in [0.2, 0.25) is 0 Å². The number of likely N-dealkylation sites (tertiary alicyclic amines) is 1. The van der Waals surface area contributed by atoms with Crippen LogP contribution in [0.4, 0.5) is 0 Å². The molecule has 3 aliphatic heterocycles. The van der Waals surface area contributed by atoms with Crippen molar-refractivity contribution in [1.29, 1.82) is 0 Å². The third-order valence-corrected chi connectivity index (χ3v) is 11.0. The van der Waals surface area contributed by atoms with Gasteiger partial charge in [-0.05, 0) is 32.1 Å². The maximum atomic E-state index is 14.0. The lowest BCUT2D eigenvalue weighted by Gasteiger charge is -2.39. The molecule has 4 unspecified atom stereocenters. The van der Waals surface area contributed by atoms with Crippen LogP contribution < -0.4 is 10.6 Å². The van der Waals surface area contributed by atoms with Crippen molar-refractivity contribution in [1.82, 2.24) is 15.5 Å². The van der Waals surface area contributed by atoms with Gasteiger partial charge in [0.25, 0.3) is 0 Å². The Balaban J connectivity index is 2.05. The number of carbonyl (C=O) groups excluding carboxylic acids is 3. The molecule has 2 bridgehead atoms. The Morgan fingerprint density at radius 2 is 1.94 bits per heavy atom. The summed E-state index contributed by atoms with van der Waals surface area (Å²) < 4.78 is -0.666. The number of nitrogens with one attached hydrogen (secondary N) is 2. The van der Waals surface area contributed by atoms with Gasteiger partial charge in [0.15, 0.2) is 0 Å². The third kappa shape index (κ3) is 4.58. The Hall–Kier alpha value is -0.800. The molecule has 0 aromatic carbocycles. The molecule has 3 rings (SSSR count). The normalized spacial score (nSPS) is 35.3. The standard InChI is InChI=1S/C24H40BrN3O4S/c1-6-9-14(5)27-22(31)20-24-11-15(25)19(33-24)17(21(30)26-10-7-2)18(24)23(32)28(20)16(12-29)13(4)8-3/h13-20,29H,6-12H2,1-5H3,(H,26,30)(H,27,31)/t13-,14?,15?,16-,17-,18-,19-,20?,24?/m0/s1. The smallest absolute Gasteiger partial charge is 0.244 e. The van der Waals surface area contributed by atoms with Crippen LogP contribution in [0.15, 0.2) is 0 Å². The fraction of sp³-hybridized carbons (Fsp3) is 0.875. The molecule has 3 heterocycles. The summed E-state index contributed by atoms with van der Waals surface area (Å²) in [6.45, 7) is 10.5. The fourth-order valence-corrected chi connectivity index (χ4v) is 9.63. The molecule has 3 saturated heterocycles. The fourth-order valence-electron chi connectivity index (χ4n) is 6.03. The molecule has 0 radical (unpaired) electrons. The van der Waals surface area contributed by atoms with Crippen molar-refractivity contribution >= 4 is 45.4 Å². The number of hydrogen-bond donors (Lipinski definition) is 3. The maximum Gasteiger partial charge on any atom is 0.244 e. The first kappa shape index (κ1) is 26.8. The number of thioether (sulfide) groups is 1. The van der Waals surface area contributed by atoms with Gasteiger partial charge in [-0.2, -0.15) is 0 Å². The van der Waals surface area contributed by atoms with Crippen molar-refractivity contribution in [2.45, 2.75) is 99.7 Å². The number of hydrogen-bond acceptors (Lipinski definition) is 5. The van der Waals surface area contributed by atoms with E-state index in [1.807, 2.05) is 27.7 Å². The molecular weight excluding hydrogens is 506 g/mol. The van der Waals surface area contributed by atoms with Crippen LogP contribution in [0.5, 0.6) is 0 Å². The van der Waals surface area contributed by atoms with E-state index in [1.165, 1.54) is 0 Å². The summed E-state index contributed by atoms with van der Waals surface area (Å²) >= 11 is 5.43. The van der Waals surface area contributed by atoms with Crippen LogP contribution in [-0.2, 0) is 14.4 Å². The van der Waals surface area contributed by atoms with E-state index >= 15 is 0 Å². The highest BCUT2D eigenvalue weighted by molar-refractivity contribution is 9.09. The maximum absolute atomic E-state index is 14.0. The van der Waals surface area contributed by atoms with Crippen LogP contribution in [0.25, 0.3) is 0 Å². The first-order valence-corrected chi connectivity index (χ1v) is 14.3. The van der Waals surface area contributed by atoms with Gasteiger partial charge < -0.3 is 20.6 Å². The summed E-state index contributed by atoms with van der Waals surface area (Å²) in [5.41, 5.74) is 0. The summed E-state index contributed by atoms with van der Waals surface area (Å²) in [7, 11) is 0. The van der Waals surface area contributed by atoms with E-state index in [1.54, 1.807) is 16.7 Å². The van der Waals surface area contributed by atoms with E-state index in [0.717, 1.165) is 25.7 Å². The highest BCUT2D eigenvalue weighted by Gasteiger charge is 2.76. The second kappa shape index (κ2) is 10.9. The molecule has 0 aromatic rings. The molecule has 0 aromatic heterocycles. The molecule has 0 saturated carbocycles. The molecule has 3 aliphatic rings. The van der Waals surface area contributed by atoms with Gasteiger partial charge in [-0.3, -0.25) is 14.4 Å². The molecule has 3 fully saturated rings. The van der Waals surface area contributed by atoms with Crippen LogP contribution in [0.1, 0.15) is 66.7 Å². The number of rotatable bonds is 11. The van der Waals surface area contributed by atoms with Crippen molar-refractivity contribution in [2.24, 2.45) is 17.8 Å². The SMILES string of the molecule is CCCNC(=O)[C@H]1[C@H]2C(=O)N([C@@H](CO)[C@@H](C)CC)C(C(=O)NC(C)CCC)C23CC(Br)[C@@H]1S3. The zero-order valence-corrected chi connectivity index (χ0v) is 22.9. The molecule has 9 atom stereocenters. The Morgan fingerprint density at radius 3 is 2.52 bits per heavy atom. The number of fused-ring (bicyclic) bond motifs is 1. The van der Waals surface area contributed by atoms with Gasteiger partial charge in [-0.25, -0.2) is 0 Å². The van der Waals surface area contributed by atoms with E-state index in [0.29, 0.717) is 13.0 Å². The average molecular weight is 547 g/mol. The Morgan fingerprint density at radius 1 is 1.24 bits per heavy atom. The number of halogens is 1. The number of carbonyl (C=O) groups is 3. The minimum atomic E-state index is -0.695. The third-order valence-electron chi connectivity index (χ3n) is 7.78. The average Bonchev–Trinajstić information content (AvgIpc) is 3.36. The van der Waals surface area contributed by atoms with E-state index in [-0.39, 0.29) is 46.4 Å². The Kier molecular flexibility index (Phi) is 8.82. The van der Waals surface area contributed by atoms with Crippen LogP contribution in [0.3, 0.4) is 0 Å². The van der Waals surface area contributed by atoms with Crippen molar-refractivity contribution in [2.75, 3.05) is 13.2 Å². The van der Waals surface area contributed by atoms with E-state index in [2.05, 4.69) is 33.5 Å². The van der Waals surface area contributed by atoms with Gasteiger partial charge in [-0.1, -0.05) is 56.5 Å². The van der Waals surface area contributed by atoms with Crippen molar-refractivity contribution in [3.63, 3.8) is 0 Å². The van der Waals surface area contributed by atoms with Gasteiger partial charge >= 0.3 is 0 Å². The van der Waals surface area contributed by atoms with Crippen LogP contribution in [-0.4, -0.2) is 73.8 Å². The van der Waals surface area contributed by atoms with Gasteiger partial charge in [0, 0.05) is 22.7 Å². The second-order valence-corrected chi connectivity index (χ2v) is 12.8. The summed E-state index contributed by atoms with van der Waals surface area (Å²) in [6, 6.07) is -1.15. The van der Waals surface area contributed by atoms with Crippen molar-refractivity contribution < 1.29 is 19.5 Å². The van der Waals surface area contributed by atoms with Gasteiger partial charge in [-0.15, -0.1) is 11.8 Å². The zero-order chi connectivity index (χ0) is 24.5. The largest absolute Gasteiger partial charge is 0.394 e. The molecule has 1 spiro atoms. The molecular formula is C24H40BrN3O4S. The first-order chi connectivity index (χ1) is 15.7. The molecule has 3 amide bonds. The second-order valence-electron chi connectivity index (χ2n) is 10.0. The Labute approximate surface area is 210 Å². The lowest BCUT2D eigenvalue weighted by atomic mass is 9.70. The molecule has 7 nitrogen and oxygen atoms in total. The number of nitrogens with zero attached hydrogens (tertiary/aromatic N) is 1. The van der Waals surface area contributed by atoms with Gasteiger partial charge in [0.1, 0.15) is 6.04 Å². The van der Waals surface area contributed by atoms with Crippen molar-refractivity contribution in [3.05, 3.63) is 0 Å². The van der Waals surface area contributed by atoms with Gasteiger partial charge in [0.2, 0.25) is 17.7 Å². The highest BCUT2D eigenvalue weighted by atomic mass is 79.9. The first-order valence-electron chi connectivity index (χ1n) is 12.5. The minimum Gasteiger partial charge on any atom is -0.394 e. The molecule has 0 aliphatic carbocycles.